The summed E-state index contributed by atoms with van der Waals surface area (Å²) in [5, 5.41) is 16.0. The molecule has 2 aromatic rings. The Bertz CT molecular complexity index is 774. The fourth-order valence-electron chi connectivity index (χ4n) is 3.58. The molecule has 156 valence electrons. The second-order valence-corrected chi connectivity index (χ2v) is 7.34. The molecule has 1 atom stereocenters. The van der Waals surface area contributed by atoms with Gasteiger partial charge in [0, 0.05) is 37.8 Å². The molecule has 0 saturated carbocycles. The minimum atomic E-state index is -0.0164. The Morgan fingerprint density at radius 1 is 1.14 bits per heavy atom. The van der Waals surface area contributed by atoms with Crippen LogP contribution in [0.15, 0.2) is 59.6 Å². The molecule has 1 fully saturated rings. The lowest BCUT2D eigenvalue weighted by Crippen LogP contribution is -2.45. The highest BCUT2D eigenvalue weighted by atomic mass is 16.5. The van der Waals surface area contributed by atoms with E-state index < -0.39 is 0 Å². The minimum Gasteiger partial charge on any atom is -0.491 e. The number of aliphatic hydroxyl groups is 1. The van der Waals surface area contributed by atoms with E-state index in [4.69, 9.17) is 9.47 Å². The van der Waals surface area contributed by atoms with Gasteiger partial charge in [-0.2, -0.15) is 0 Å². The molecule has 0 aliphatic carbocycles. The first-order valence-corrected chi connectivity index (χ1v) is 10.2. The fourth-order valence-corrected chi connectivity index (χ4v) is 3.58. The first-order valence-electron chi connectivity index (χ1n) is 10.2. The highest BCUT2D eigenvalue weighted by Crippen LogP contribution is 2.31. The van der Waals surface area contributed by atoms with Crippen LogP contribution in [-0.4, -0.2) is 57.6 Å². The van der Waals surface area contributed by atoms with Crippen molar-refractivity contribution in [2.45, 2.75) is 12.8 Å². The third-order valence-electron chi connectivity index (χ3n) is 5.31. The molecule has 3 rings (SSSR count). The molecule has 0 amide bonds. The first-order chi connectivity index (χ1) is 14.3. The summed E-state index contributed by atoms with van der Waals surface area (Å²) in [6, 6.07) is 18.3. The Balaban J connectivity index is 1.47. The Morgan fingerprint density at radius 3 is 2.66 bits per heavy atom. The number of para-hydroxylation sites is 1. The normalized spacial score (nSPS) is 19.2. The number of aliphatic hydroxyl groups excluding tert-OH is 1. The van der Waals surface area contributed by atoms with Gasteiger partial charge in [0.05, 0.1) is 13.2 Å². The summed E-state index contributed by atoms with van der Waals surface area (Å²) in [5.74, 6) is 1.60. The lowest BCUT2D eigenvalue weighted by Gasteiger charge is -2.27. The van der Waals surface area contributed by atoms with Crippen molar-refractivity contribution in [3.05, 3.63) is 54.6 Å². The van der Waals surface area contributed by atoms with Gasteiger partial charge in [-0.25, -0.2) is 0 Å². The summed E-state index contributed by atoms with van der Waals surface area (Å²) in [5.41, 5.74) is 2.21. The second kappa shape index (κ2) is 10.8. The number of aliphatic imine (C=N–C) groups is 1. The molecule has 1 heterocycles. The number of nitrogens with zero attached hydrogens (tertiary/aromatic N) is 1. The van der Waals surface area contributed by atoms with Crippen molar-refractivity contribution < 1.29 is 14.6 Å². The molecule has 0 bridgehead atoms. The number of benzene rings is 2. The Hall–Kier alpha value is -2.57. The minimum absolute atomic E-state index is 0.0164. The summed E-state index contributed by atoms with van der Waals surface area (Å²) >= 11 is 0. The Labute approximate surface area is 173 Å². The van der Waals surface area contributed by atoms with E-state index in [0.29, 0.717) is 19.8 Å². The van der Waals surface area contributed by atoms with Crippen LogP contribution >= 0.6 is 0 Å². The highest BCUT2D eigenvalue weighted by Gasteiger charge is 2.34. The van der Waals surface area contributed by atoms with Crippen molar-refractivity contribution >= 4 is 5.96 Å². The molecule has 1 aliphatic heterocycles. The summed E-state index contributed by atoms with van der Waals surface area (Å²) in [6.45, 7) is 3.48. The predicted octanol–water partition coefficient (Wildman–Crippen LogP) is 2.69. The van der Waals surface area contributed by atoms with Crippen molar-refractivity contribution in [3.8, 4) is 16.9 Å². The van der Waals surface area contributed by atoms with Gasteiger partial charge < -0.3 is 25.2 Å². The average Bonchev–Trinajstić information content (AvgIpc) is 3.23. The molecule has 6 heteroatoms. The molecule has 0 radical (unpaired) electrons. The van der Waals surface area contributed by atoms with Gasteiger partial charge in [-0.1, -0.05) is 48.5 Å². The molecular weight excluding hydrogens is 366 g/mol. The molecule has 1 unspecified atom stereocenters. The summed E-state index contributed by atoms with van der Waals surface area (Å²) in [4.78, 5) is 4.29. The zero-order chi connectivity index (χ0) is 20.4. The lowest BCUT2D eigenvalue weighted by molar-refractivity contribution is 0.127. The molecule has 6 nitrogen and oxygen atoms in total. The van der Waals surface area contributed by atoms with E-state index in [1.807, 2.05) is 36.4 Å². The van der Waals surface area contributed by atoms with Crippen molar-refractivity contribution in [2.24, 2.45) is 10.4 Å². The van der Waals surface area contributed by atoms with Crippen LogP contribution in [0.25, 0.3) is 11.1 Å². The van der Waals surface area contributed by atoms with Gasteiger partial charge in [0.25, 0.3) is 0 Å². The van der Waals surface area contributed by atoms with E-state index in [1.54, 1.807) is 7.05 Å². The van der Waals surface area contributed by atoms with E-state index in [0.717, 1.165) is 48.8 Å². The largest absolute Gasteiger partial charge is 0.491 e. The molecule has 2 aromatic carbocycles. The molecule has 1 saturated heterocycles. The number of ether oxygens (including phenoxy) is 2. The van der Waals surface area contributed by atoms with Crippen LogP contribution in [0, 0.1) is 5.41 Å². The maximum Gasteiger partial charge on any atom is 0.191 e. The zero-order valence-electron chi connectivity index (χ0n) is 17.1. The summed E-state index contributed by atoms with van der Waals surface area (Å²) < 4.78 is 11.6. The van der Waals surface area contributed by atoms with E-state index in [1.165, 1.54) is 0 Å². The van der Waals surface area contributed by atoms with Gasteiger partial charge in [0.1, 0.15) is 12.4 Å². The number of rotatable bonds is 9. The summed E-state index contributed by atoms with van der Waals surface area (Å²) in [6.07, 6.45) is 1.69. The lowest BCUT2D eigenvalue weighted by atomic mass is 9.84. The highest BCUT2D eigenvalue weighted by molar-refractivity contribution is 5.79. The monoisotopic (exact) mass is 397 g/mol. The maximum absolute atomic E-state index is 9.35. The van der Waals surface area contributed by atoms with Crippen LogP contribution in [0.2, 0.25) is 0 Å². The smallest absolute Gasteiger partial charge is 0.191 e. The number of nitrogens with one attached hydrogen (secondary N) is 2. The number of hydrogen-bond donors (Lipinski definition) is 3. The van der Waals surface area contributed by atoms with Crippen molar-refractivity contribution in [2.75, 3.05) is 46.6 Å². The third-order valence-corrected chi connectivity index (χ3v) is 5.31. The van der Waals surface area contributed by atoms with Gasteiger partial charge in [0.15, 0.2) is 5.96 Å². The molecule has 0 spiro atoms. The van der Waals surface area contributed by atoms with Crippen LogP contribution < -0.4 is 15.4 Å². The van der Waals surface area contributed by atoms with Crippen molar-refractivity contribution in [1.82, 2.24) is 10.6 Å². The fraction of sp³-hybridized carbons (Fsp3) is 0.435. The molecule has 29 heavy (non-hydrogen) atoms. The molecule has 1 aliphatic rings. The second-order valence-electron chi connectivity index (χ2n) is 7.34. The summed E-state index contributed by atoms with van der Waals surface area (Å²) in [7, 11) is 1.75. The van der Waals surface area contributed by atoms with Crippen LogP contribution in [-0.2, 0) is 4.74 Å². The maximum atomic E-state index is 9.35. The van der Waals surface area contributed by atoms with Gasteiger partial charge >= 0.3 is 0 Å². The van der Waals surface area contributed by atoms with Crippen LogP contribution in [0.3, 0.4) is 0 Å². The number of hydrogen-bond acceptors (Lipinski definition) is 4. The molecular formula is C23H31N3O3. The topological polar surface area (TPSA) is 75.1 Å². The van der Waals surface area contributed by atoms with Crippen LogP contribution in [0.1, 0.15) is 12.8 Å². The van der Waals surface area contributed by atoms with E-state index >= 15 is 0 Å². The molecule has 3 N–H and O–H groups in total. The SMILES string of the molecule is CN=C(NCCOc1ccccc1-c1ccccc1)NCC1(CCO)CCOC1. The predicted molar refractivity (Wildman–Crippen MR) is 116 cm³/mol. The van der Waals surface area contributed by atoms with Crippen molar-refractivity contribution in [3.63, 3.8) is 0 Å². The van der Waals surface area contributed by atoms with Gasteiger partial charge in [-0.05, 0) is 24.5 Å². The van der Waals surface area contributed by atoms with Crippen LogP contribution in [0.5, 0.6) is 5.75 Å². The van der Waals surface area contributed by atoms with E-state index in [-0.39, 0.29) is 12.0 Å². The number of guanidine groups is 1. The Kier molecular flexibility index (Phi) is 7.90. The third kappa shape index (κ3) is 5.95. The van der Waals surface area contributed by atoms with Crippen molar-refractivity contribution in [1.29, 1.82) is 0 Å². The van der Waals surface area contributed by atoms with E-state index in [9.17, 15) is 5.11 Å². The van der Waals surface area contributed by atoms with Gasteiger partial charge in [-0.15, -0.1) is 0 Å². The van der Waals surface area contributed by atoms with Crippen LogP contribution in [0.4, 0.5) is 0 Å². The van der Waals surface area contributed by atoms with Gasteiger partial charge in [0.2, 0.25) is 0 Å². The standard InChI is InChI=1S/C23H31N3O3/c1-24-22(26-17-23(11-14-27)12-15-28-18-23)25-13-16-29-21-10-6-5-9-20(21)19-7-3-2-4-8-19/h2-10,27H,11-18H2,1H3,(H2,24,25,26). The van der Waals surface area contributed by atoms with E-state index in [2.05, 4.69) is 33.8 Å². The first kappa shape index (κ1) is 21.1. The zero-order valence-corrected chi connectivity index (χ0v) is 17.1. The Morgan fingerprint density at radius 2 is 1.93 bits per heavy atom. The van der Waals surface area contributed by atoms with Gasteiger partial charge in [-0.3, -0.25) is 4.99 Å². The molecule has 0 aromatic heterocycles. The quantitative estimate of drug-likeness (QED) is 0.345. The average molecular weight is 398 g/mol.